The van der Waals surface area contributed by atoms with Gasteiger partial charge in [0.15, 0.2) is 0 Å². The molecule has 128 valence electrons. The van der Waals surface area contributed by atoms with Gasteiger partial charge >= 0.3 is 5.97 Å². The lowest BCUT2D eigenvalue weighted by Crippen LogP contribution is -2.39. The van der Waals surface area contributed by atoms with Crippen molar-refractivity contribution in [3.63, 3.8) is 0 Å². The molecule has 0 aromatic carbocycles. The molecule has 0 amide bonds. The van der Waals surface area contributed by atoms with Gasteiger partial charge in [0, 0.05) is 14.2 Å². The number of hydrogen-bond acceptors (Lipinski definition) is 4. The summed E-state index contributed by atoms with van der Waals surface area (Å²) in [4.78, 5) is 12.6. The standard InChI is InChI=1S/C18H32O4/c1-4-18(11-9-16(21-3)10-12-18)17(19)22-13-14-5-7-15(20-2)8-6-14/h14-16H,4-13H2,1-3H3. The predicted octanol–water partition coefficient (Wildman–Crippen LogP) is 3.72. The molecule has 2 rings (SSSR count). The highest BCUT2D eigenvalue weighted by Gasteiger charge is 2.42. The van der Waals surface area contributed by atoms with Gasteiger partial charge in [0.25, 0.3) is 0 Å². The van der Waals surface area contributed by atoms with Crippen LogP contribution < -0.4 is 0 Å². The molecule has 0 unspecified atom stereocenters. The number of hydrogen-bond donors (Lipinski definition) is 0. The second kappa shape index (κ2) is 8.30. The zero-order chi connectivity index (χ0) is 16.0. The monoisotopic (exact) mass is 312 g/mol. The van der Waals surface area contributed by atoms with Crippen molar-refractivity contribution in [2.75, 3.05) is 20.8 Å². The molecule has 0 bridgehead atoms. The Bertz CT molecular complexity index is 339. The molecule has 4 nitrogen and oxygen atoms in total. The summed E-state index contributed by atoms with van der Waals surface area (Å²) in [5, 5.41) is 0. The topological polar surface area (TPSA) is 44.8 Å². The summed E-state index contributed by atoms with van der Waals surface area (Å²) >= 11 is 0. The Morgan fingerprint density at radius 2 is 1.50 bits per heavy atom. The van der Waals surface area contributed by atoms with E-state index in [1.165, 1.54) is 0 Å². The van der Waals surface area contributed by atoms with Crippen molar-refractivity contribution in [3.8, 4) is 0 Å². The van der Waals surface area contributed by atoms with Gasteiger partial charge in [-0.1, -0.05) is 6.92 Å². The van der Waals surface area contributed by atoms with E-state index in [1.54, 1.807) is 14.2 Å². The van der Waals surface area contributed by atoms with E-state index in [2.05, 4.69) is 6.92 Å². The van der Waals surface area contributed by atoms with E-state index in [-0.39, 0.29) is 11.4 Å². The Labute approximate surface area is 134 Å². The lowest BCUT2D eigenvalue weighted by atomic mass is 9.71. The highest BCUT2D eigenvalue weighted by Crippen LogP contribution is 2.41. The molecule has 0 spiro atoms. The van der Waals surface area contributed by atoms with E-state index in [0.717, 1.165) is 57.8 Å². The third kappa shape index (κ3) is 4.23. The summed E-state index contributed by atoms with van der Waals surface area (Å²) in [6, 6.07) is 0. The maximum Gasteiger partial charge on any atom is 0.312 e. The molecular formula is C18H32O4. The number of ether oxygens (including phenoxy) is 3. The summed E-state index contributed by atoms with van der Waals surface area (Å²) in [5.74, 6) is 0.540. The molecular weight excluding hydrogens is 280 g/mol. The van der Waals surface area contributed by atoms with Crippen molar-refractivity contribution in [3.05, 3.63) is 0 Å². The van der Waals surface area contributed by atoms with Crippen LogP contribution in [0.5, 0.6) is 0 Å². The Kier molecular flexibility index (Phi) is 6.69. The molecule has 2 aliphatic rings. The van der Waals surface area contributed by atoms with Gasteiger partial charge in [-0.3, -0.25) is 4.79 Å². The largest absolute Gasteiger partial charge is 0.465 e. The summed E-state index contributed by atoms with van der Waals surface area (Å²) in [6.45, 7) is 2.70. The number of rotatable bonds is 6. The lowest BCUT2D eigenvalue weighted by Gasteiger charge is -2.37. The fraction of sp³-hybridized carbons (Fsp3) is 0.944. The minimum atomic E-state index is -0.265. The molecule has 0 aliphatic heterocycles. The smallest absolute Gasteiger partial charge is 0.312 e. The Balaban J connectivity index is 1.78. The lowest BCUT2D eigenvalue weighted by molar-refractivity contribution is -0.162. The normalized spacial score (nSPS) is 36.0. The van der Waals surface area contributed by atoms with Crippen molar-refractivity contribution in [2.24, 2.45) is 11.3 Å². The average Bonchev–Trinajstić information content (AvgIpc) is 2.60. The molecule has 2 saturated carbocycles. The van der Waals surface area contributed by atoms with Gasteiger partial charge in [-0.15, -0.1) is 0 Å². The van der Waals surface area contributed by atoms with Crippen LogP contribution in [-0.4, -0.2) is 39.0 Å². The number of carbonyl (C=O) groups excluding carboxylic acids is 1. The van der Waals surface area contributed by atoms with Crippen LogP contribution in [0.4, 0.5) is 0 Å². The fourth-order valence-electron chi connectivity index (χ4n) is 3.96. The molecule has 0 saturated heterocycles. The highest BCUT2D eigenvalue weighted by molar-refractivity contribution is 5.77. The van der Waals surface area contributed by atoms with Gasteiger partial charge in [-0.25, -0.2) is 0 Å². The van der Waals surface area contributed by atoms with E-state index in [0.29, 0.717) is 24.7 Å². The first-order valence-corrected chi connectivity index (χ1v) is 8.86. The predicted molar refractivity (Wildman–Crippen MR) is 85.7 cm³/mol. The van der Waals surface area contributed by atoms with Crippen molar-refractivity contribution in [1.82, 2.24) is 0 Å². The molecule has 0 atom stereocenters. The molecule has 0 N–H and O–H groups in total. The molecule has 0 aromatic rings. The molecule has 2 fully saturated rings. The van der Waals surface area contributed by atoms with Crippen molar-refractivity contribution in [1.29, 1.82) is 0 Å². The van der Waals surface area contributed by atoms with Crippen molar-refractivity contribution < 1.29 is 19.0 Å². The summed E-state index contributed by atoms with van der Waals surface area (Å²) in [7, 11) is 3.55. The molecule has 4 heteroatoms. The fourth-order valence-corrected chi connectivity index (χ4v) is 3.96. The van der Waals surface area contributed by atoms with Gasteiger partial charge in [0.1, 0.15) is 0 Å². The van der Waals surface area contributed by atoms with Crippen LogP contribution in [0.3, 0.4) is 0 Å². The van der Waals surface area contributed by atoms with E-state index >= 15 is 0 Å². The van der Waals surface area contributed by atoms with E-state index in [1.807, 2.05) is 0 Å². The van der Waals surface area contributed by atoms with Crippen LogP contribution in [0.1, 0.15) is 64.7 Å². The van der Waals surface area contributed by atoms with Gasteiger partial charge in [0.05, 0.1) is 24.2 Å². The Hall–Kier alpha value is -0.610. The van der Waals surface area contributed by atoms with Crippen molar-refractivity contribution >= 4 is 5.97 Å². The second-order valence-electron chi connectivity index (χ2n) is 7.05. The SMILES string of the molecule is CCC1(C(=O)OCC2CCC(OC)CC2)CCC(OC)CC1. The van der Waals surface area contributed by atoms with Crippen molar-refractivity contribution in [2.45, 2.75) is 76.9 Å². The first-order valence-electron chi connectivity index (χ1n) is 8.86. The quantitative estimate of drug-likeness (QED) is 0.701. The number of carbonyl (C=O) groups is 1. The van der Waals surface area contributed by atoms with Crippen LogP contribution in [0.15, 0.2) is 0 Å². The minimum Gasteiger partial charge on any atom is -0.465 e. The first-order chi connectivity index (χ1) is 10.6. The zero-order valence-electron chi connectivity index (χ0n) is 14.4. The maximum absolute atomic E-state index is 12.6. The van der Waals surface area contributed by atoms with E-state index in [9.17, 15) is 4.79 Å². The average molecular weight is 312 g/mol. The zero-order valence-corrected chi connectivity index (χ0v) is 14.4. The summed E-state index contributed by atoms with van der Waals surface area (Å²) < 4.78 is 16.5. The highest BCUT2D eigenvalue weighted by atomic mass is 16.5. The third-order valence-corrected chi connectivity index (χ3v) is 5.91. The van der Waals surface area contributed by atoms with Gasteiger partial charge < -0.3 is 14.2 Å². The Morgan fingerprint density at radius 1 is 0.955 bits per heavy atom. The minimum absolute atomic E-state index is 0.0263. The van der Waals surface area contributed by atoms with E-state index < -0.39 is 0 Å². The molecule has 22 heavy (non-hydrogen) atoms. The van der Waals surface area contributed by atoms with Crippen LogP contribution in [0.2, 0.25) is 0 Å². The molecule has 0 aromatic heterocycles. The van der Waals surface area contributed by atoms with E-state index in [4.69, 9.17) is 14.2 Å². The summed E-state index contributed by atoms with van der Waals surface area (Å²) in [6.07, 6.45) is 9.73. The summed E-state index contributed by atoms with van der Waals surface area (Å²) in [5.41, 5.74) is -0.265. The maximum atomic E-state index is 12.6. The first kappa shape index (κ1) is 17.7. The molecule has 0 heterocycles. The van der Waals surface area contributed by atoms with Crippen LogP contribution in [0.25, 0.3) is 0 Å². The molecule has 0 radical (unpaired) electrons. The second-order valence-corrected chi connectivity index (χ2v) is 7.05. The van der Waals surface area contributed by atoms with Crippen LogP contribution >= 0.6 is 0 Å². The van der Waals surface area contributed by atoms with Gasteiger partial charge in [-0.2, -0.15) is 0 Å². The molecule has 2 aliphatic carbocycles. The number of esters is 1. The Morgan fingerprint density at radius 3 is 2.00 bits per heavy atom. The van der Waals surface area contributed by atoms with Gasteiger partial charge in [0.2, 0.25) is 0 Å². The number of methoxy groups -OCH3 is 2. The van der Waals surface area contributed by atoms with Gasteiger partial charge in [-0.05, 0) is 63.7 Å². The third-order valence-electron chi connectivity index (χ3n) is 5.91. The van der Waals surface area contributed by atoms with Crippen LogP contribution in [0, 0.1) is 11.3 Å². The van der Waals surface area contributed by atoms with Crippen LogP contribution in [-0.2, 0) is 19.0 Å².